The first-order valence-electron chi connectivity index (χ1n) is 8.49. The van der Waals surface area contributed by atoms with Crippen LogP contribution in [0.5, 0.6) is 0 Å². The highest BCUT2D eigenvalue weighted by molar-refractivity contribution is 5.99. The van der Waals surface area contributed by atoms with Gasteiger partial charge in [0.15, 0.2) is 0 Å². The van der Waals surface area contributed by atoms with Crippen molar-refractivity contribution in [3.8, 4) is 0 Å². The molecule has 6 heteroatoms. The van der Waals surface area contributed by atoms with Gasteiger partial charge in [-0.2, -0.15) is 0 Å². The molecule has 0 saturated carbocycles. The zero-order valence-corrected chi connectivity index (χ0v) is 14.0. The summed E-state index contributed by atoms with van der Waals surface area (Å²) in [4.78, 5) is 23.0. The normalized spacial score (nSPS) is 14.3. The maximum Gasteiger partial charge on any atom is 0.324 e. The van der Waals surface area contributed by atoms with Crippen molar-refractivity contribution in [2.45, 2.75) is 32.6 Å². The zero-order valence-electron chi connectivity index (χ0n) is 14.0. The van der Waals surface area contributed by atoms with Gasteiger partial charge in [-0.15, -0.1) is 0 Å². The van der Waals surface area contributed by atoms with Gasteiger partial charge >= 0.3 is 6.03 Å². The fraction of sp³-hybridized carbons (Fsp3) is 0.389. The number of carbonyl (C=O) groups excluding carboxylic acids is 1. The molecule has 0 aliphatic carbocycles. The number of nitrogens with zero attached hydrogens (tertiary/aromatic N) is 3. The number of piperidine rings is 1. The van der Waals surface area contributed by atoms with Crippen LogP contribution in [0.25, 0.3) is 0 Å². The van der Waals surface area contributed by atoms with E-state index in [0.717, 1.165) is 36.6 Å². The summed E-state index contributed by atoms with van der Waals surface area (Å²) in [7, 11) is 0. The minimum absolute atomic E-state index is 0.292. The Balaban J connectivity index is 1.66. The van der Waals surface area contributed by atoms with Gasteiger partial charge in [0, 0.05) is 24.8 Å². The number of aryl methyl sites for hydroxylation is 1. The molecule has 2 amide bonds. The molecule has 1 aromatic carbocycles. The van der Waals surface area contributed by atoms with Crippen molar-refractivity contribution in [2.24, 2.45) is 0 Å². The van der Waals surface area contributed by atoms with Gasteiger partial charge < -0.3 is 10.2 Å². The van der Waals surface area contributed by atoms with Crippen LogP contribution in [0.3, 0.4) is 0 Å². The van der Waals surface area contributed by atoms with Crippen molar-refractivity contribution in [1.82, 2.24) is 9.97 Å². The minimum Gasteiger partial charge on any atom is -0.356 e. The van der Waals surface area contributed by atoms with E-state index in [9.17, 15) is 4.79 Å². The average Bonchev–Trinajstić information content (AvgIpc) is 2.63. The van der Waals surface area contributed by atoms with Crippen LogP contribution in [0.4, 0.5) is 22.1 Å². The molecular formula is C18H23N5O. The summed E-state index contributed by atoms with van der Waals surface area (Å²) in [5.74, 6) is 1.38. The van der Waals surface area contributed by atoms with Crippen molar-refractivity contribution in [3.63, 3.8) is 0 Å². The standard InChI is InChI=1S/C18H23N5O/c1-2-14-8-4-5-9-15(14)21-18(24)22-16-12-17(20-13-19-16)23-10-6-3-7-11-23/h4-5,8-9,12-13H,2-3,6-7,10-11H2,1H3,(H2,19,20,21,22,24). The summed E-state index contributed by atoms with van der Waals surface area (Å²) in [5, 5.41) is 5.68. The number of urea groups is 1. The van der Waals surface area contributed by atoms with Crippen molar-refractivity contribution in [3.05, 3.63) is 42.2 Å². The lowest BCUT2D eigenvalue weighted by Crippen LogP contribution is -2.30. The highest BCUT2D eigenvalue weighted by atomic mass is 16.2. The monoisotopic (exact) mass is 325 g/mol. The van der Waals surface area contributed by atoms with Crippen molar-refractivity contribution in [2.75, 3.05) is 28.6 Å². The molecule has 0 atom stereocenters. The highest BCUT2D eigenvalue weighted by Gasteiger charge is 2.13. The molecule has 1 aliphatic rings. The number of aromatic nitrogens is 2. The Labute approximate surface area is 142 Å². The first-order valence-corrected chi connectivity index (χ1v) is 8.49. The van der Waals surface area contributed by atoms with Crippen molar-refractivity contribution < 1.29 is 4.79 Å². The summed E-state index contributed by atoms with van der Waals surface area (Å²) in [6, 6.07) is 9.33. The maximum absolute atomic E-state index is 12.2. The number of carbonyl (C=O) groups is 1. The molecule has 3 rings (SSSR count). The predicted molar refractivity (Wildman–Crippen MR) is 96.6 cm³/mol. The lowest BCUT2D eigenvalue weighted by Gasteiger charge is -2.27. The second kappa shape index (κ2) is 7.77. The number of hydrogen-bond acceptors (Lipinski definition) is 4. The van der Waals surface area contributed by atoms with Crippen LogP contribution in [-0.2, 0) is 6.42 Å². The average molecular weight is 325 g/mol. The van der Waals surface area contributed by atoms with Crippen LogP contribution < -0.4 is 15.5 Å². The molecule has 1 aliphatic heterocycles. The first-order chi connectivity index (χ1) is 11.8. The first kappa shape index (κ1) is 16.2. The lowest BCUT2D eigenvalue weighted by molar-refractivity contribution is 0.262. The number of rotatable bonds is 4. The summed E-state index contributed by atoms with van der Waals surface area (Å²) in [6.45, 7) is 4.08. The van der Waals surface area contributed by atoms with Gasteiger partial charge in [0.05, 0.1) is 0 Å². The van der Waals surface area contributed by atoms with Crippen LogP contribution in [0.2, 0.25) is 0 Å². The predicted octanol–water partition coefficient (Wildman–Crippen LogP) is 3.67. The van der Waals surface area contributed by atoms with Crippen LogP contribution >= 0.6 is 0 Å². The number of benzene rings is 1. The third kappa shape index (κ3) is 4.01. The Kier molecular flexibility index (Phi) is 5.25. The Morgan fingerprint density at radius 1 is 1.12 bits per heavy atom. The minimum atomic E-state index is -0.292. The van der Waals surface area contributed by atoms with Crippen LogP contribution in [-0.4, -0.2) is 29.1 Å². The van der Waals surface area contributed by atoms with E-state index >= 15 is 0 Å². The van der Waals surface area contributed by atoms with E-state index in [2.05, 4.69) is 32.4 Å². The SMILES string of the molecule is CCc1ccccc1NC(=O)Nc1cc(N2CCCCC2)ncn1. The summed E-state index contributed by atoms with van der Waals surface area (Å²) >= 11 is 0. The number of nitrogens with one attached hydrogen (secondary N) is 2. The Morgan fingerprint density at radius 2 is 1.92 bits per heavy atom. The highest BCUT2D eigenvalue weighted by Crippen LogP contribution is 2.20. The second-order valence-electron chi connectivity index (χ2n) is 5.90. The molecule has 2 aromatic rings. The third-order valence-electron chi connectivity index (χ3n) is 4.22. The zero-order chi connectivity index (χ0) is 16.8. The van der Waals surface area contributed by atoms with E-state index in [1.807, 2.05) is 30.3 Å². The number of anilines is 3. The second-order valence-corrected chi connectivity index (χ2v) is 5.90. The molecule has 1 saturated heterocycles. The van der Waals surface area contributed by atoms with Gasteiger partial charge in [-0.25, -0.2) is 14.8 Å². The van der Waals surface area contributed by atoms with Crippen LogP contribution in [0, 0.1) is 0 Å². The number of hydrogen-bond donors (Lipinski definition) is 2. The van der Waals surface area contributed by atoms with E-state index in [0.29, 0.717) is 5.82 Å². The molecule has 1 aromatic heterocycles. The summed E-state index contributed by atoms with van der Waals surface area (Å²) in [5.41, 5.74) is 1.92. The molecule has 2 heterocycles. The Bertz CT molecular complexity index is 697. The fourth-order valence-corrected chi connectivity index (χ4v) is 2.93. The van der Waals surface area contributed by atoms with Gasteiger partial charge in [0.2, 0.25) is 0 Å². The van der Waals surface area contributed by atoms with Gasteiger partial charge in [-0.05, 0) is 37.3 Å². The van der Waals surface area contributed by atoms with Crippen LogP contribution in [0.15, 0.2) is 36.7 Å². The molecule has 0 spiro atoms. The molecule has 24 heavy (non-hydrogen) atoms. The summed E-state index contributed by atoms with van der Waals surface area (Å²) in [6.07, 6.45) is 6.00. The fourth-order valence-electron chi connectivity index (χ4n) is 2.93. The van der Waals surface area contributed by atoms with Gasteiger partial charge in [-0.3, -0.25) is 5.32 Å². The topological polar surface area (TPSA) is 70.2 Å². The molecule has 126 valence electrons. The number of amides is 2. The van der Waals surface area contributed by atoms with Crippen molar-refractivity contribution in [1.29, 1.82) is 0 Å². The van der Waals surface area contributed by atoms with Gasteiger partial charge in [0.25, 0.3) is 0 Å². The molecule has 6 nitrogen and oxygen atoms in total. The molecule has 1 fully saturated rings. The Morgan fingerprint density at radius 3 is 2.71 bits per heavy atom. The van der Waals surface area contributed by atoms with Gasteiger partial charge in [-0.1, -0.05) is 25.1 Å². The van der Waals surface area contributed by atoms with E-state index in [1.54, 1.807) is 0 Å². The Hall–Kier alpha value is -2.63. The van der Waals surface area contributed by atoms with Gasteiger partial charge in [0.1, 0.15) is 18.0 Å². The van der Waals surface area contributed by atoms with E-state index < -0.39 is 0 Å². The lowest BCUT2D eigenvalue weighted by atomic mass is 10.1. The van der Waals surface area contributed by atoms with E-state index in [-0.39, 0.29) is 6.03 Å². The van der Waals surface area contributed by atoms with E-state index in [4.69, 9.17) is 0 Å². The third-order valence-corrected chi connectivity index (χ3v) is 4.22. The summed E-state index contributed by atoms with van der Waals surface area (Å²) < 4.78 is 0. The maximum atomic E-state index is 12.2. The molecule has 2 N–H and O–H groups in total. The van der Waals surface area contributed by atoms with E-state index in [1.165, 1.54) is 25.6 Å². The largest absolute Gasteiger partial charge is 0.356 e. The smallest absolute Gasteiger partial charge is 0.324 e. The quantitative estimate of drug-likeness (QED) is 0.900. The molecule has 0 unspecified atom stereocenters. The van der Waals surface area contributed by atoms with Crippen LogP contribution in [0.1, 0.15) is 31.7 Å². The van der Waals surface area contributed by atoms with Crippen molar-refractivity contribution >= 4 is 23.4 Å². The molecule has 0 bridgehead atoms. The molecule has 0 radical (unpaired) electrons. The number of para-hydroxylation sites is 1. The molecular weight excluding hydrogens is 302 g/mol.